The van der Waals surface area contributed by atoms with Gasteiger partial charge in [0.25, 0.3) is 5.91 Å². The minimum Gasteiger partial charge on any atom is -0.355 e. The lowest BCUT2D eigenvalue weighted by molar-refractivity contribution is 0.0963. The van der Waals surface area contributed by atoms with Gasteiger partial charge in [0.05, 0.1) is 0 Å². The van der Waals surface area contributed by atoms with Crippen molar-refractivity contribution >= 4 is 35.8 Å². The molecular formula is C20H33IN4O. The van der Waals surface area contributed by atoms with Crippen molar-refractivity contribution in [1.82, 2.24) is 16.0 Å². The summed E-state index contributed by atoms with van der Waals surface area (Å²) in [4.78, 5) is 16.1. The van der Waals surface area contributed by atoms with Crippen molar-refractivity contribution in [3.05, 3.63) is 35.4 Å². The van der Waals surface area contributed by atoms with E-state index < -0.39 is 0 Å². The third kappa shape index (κ3) is 6.78. The molecule has 5 nitrogen and oxygen atoms in total. The summed E-state index contributed by atoms with van der Waals surface area (Å²) in [5.41, 5.74) is 1.74. The van der Waals surface area contributed by atoms with Gasteiger partial charge in [-0.2, -0.15) is 0 Å². The molecule has 0 aliphatic heterocycles. The van der Waals surface area contributed by atoms with Crippen molar-refractivity contribution in [1.29, 1.82) is 0 Å². The molecule has 6 heteroatoms. The first-order valence-electron chi connectivity index (χ1n) is 9.31. The number of rotatable bonds is 5. The lowest BCUT2D eigenvalue weighted by Crippen LogP contribution is -2.44. The highest BCUT2D eigenvalue weighted by Crippen LogP contribution is 2.29. The molecule has 0 saturated heterocycles. The van der Waals surface area contributed by atoms with Crippen LogP contribution < -0.4 is 16.0 Å². The number of carbonyl (C=O) groups excluding carboxylic acids is 1. The molecule has 0 aromatic heterocycles. The fraction of sp³-hybridized carbons (Fsp3) is 0.600. The predicted molar refractivity (Wildman–Crippen MR) is 119 cm³/mol. The van der Waals surface area contributed by atoms with Crippen LogP contribution in [0.2, 0.25) is 0 Å². The average Bonchev–Trinajstić information content (AvgIpc) is 2.65. The zero-order valence-corrected chi connectivity index (χ0v) is 18.7. The number of aliphatic imine (C=N–C) groups is 1. The number of nitrogens with zero attached hydrogens (tertiary/aromatic N) is 1. The van der Waals surface area contributed by atoms with Crippen molar-refractivity contribution in [3.63, 3.8) is 0 Å². The number of nitrogens with one attached hydrogen (secondary N) is 3. The molecular weight excluding hydrogens is 439 g/mol. The summed E-state index contributed by atoms with van der Waals surface area (Å²) >= 11 is 0. The third-order valence-electron chi connectivity index (χ3n) is 5.16. The van der Waals surface area contributed by atoms with Gasteiger partial charge in [-0.15, -0.1) is 24.0 Å². The molecule has 2 rings (SSSR count). The molecule has 0 atom stereocenters. The Morgan fingerprint density at radius 1 is 1.23 bits per heavy atom. The van der Waals surface area contributed by atoms with Crippen LogP contribution in [0.3, 0.4) is 0 Å². The van der Waals surface area contributed by atoms with Crippen LogP contribution in [0.4, 0.5) is 0 Å². The molecule has 0 unspecified atom stereocenters. The summed E-state index contributed by atoms with van der Waals surface area (Å²) in [6.07, 6.45) is 4.99. The van der Waals surface area contributed by atoms with Crippen LogP contribution in [0.25, 0.3) is 0 Å². The zero-order valence-electron chi connectivity index (χ0n) is 16.3. The number of halogens is 1. The lowest BCUT2D eigenvalue weighted by Gasteiger charge is -2.32. The highest BCUT2D eigenvalue weighted by Gasteiger charge is 2.23. The topological polar surface area (TPSA) is 65.5 Å². The van der Waals surface area contributed by atoms with Gasteiger partial charge >= 0.3 is 0 Å². The first-order chi connectivity index (χ1) is 12.0. The van der Waals surface area contributed by atoms with Crippen molar-refractivity contribution in [3.8, 4) is 0 Å². The molecule has 3 N–H and O–H groups in total. The normalized spacial score (nSPS) is 20.3. The van der Waals surface area contributed by atoms with E-state index in [1.165, 1.54) is 25.7 Å². The highest BCUT2D eigenvalue weighted by atomic mass is 127. The monoisotopic (exact) mass is 472 g/mol. The molecule has 0 heterocycles. The third-order valence-corrected chi connectivity index (χ3v) is 5.16. The molecule has 1 fully saturated rings. The quantitative estimate of drug-likeness (QED) is 0.349. The molecule has 1 saturated carbocycles. The number of hydrogen-bond donors (Lipinski definition) is 3. The molecule has 146 valence electrons. The molecule has 1 aromatic carbocycles. The van der Waals surface area contributed by atoms with E-state index in [0.29, 0.717) is 18.2 Å². The van der Waals surface area contributed by atoms with E-state index in [0.717, 1.165) is 23.4 Å². The fourth-order valence-corrected chi connectivity index (χ4v) is 3.47. The second-order valence-corrected chi connectivity index (χ2v) is 7.21. The second-order valence-electron chi connectivity index (χ2n) is 7.21. The van der Waals surface area contributed by atoms with Crippen LogP contribution in [0.5, 0.6) is 0 Å². The molecule has 1 amide bonds. The molecule has 0 spiro atoms. The largest absolute Gasteiger partial charge is 0.355 e. The van der Waals surface area contributed by atoms with E-state index in [9.17, 15) is 4.79 Å². The Labute approximate surface area is 174 Å². The number of amides is 1. The summed E-state index contributed by atoms with van der Waals surface area (Å²) in [6.45, 7) is 5.30. The maximum Gasteiger partial charge on any atom is 0.251 e. The fourth-order valence-electron chi connectivity index (χ4n) is 3.47. The van der Waals surface area contributed by atoms with E-state index in [1.807, 2.05) is 24.3 Å². The summed E-state index contributed by atoms with van der Waals surface area (Å²) < 4.78 is 0. The van der Waals surface area contributed by atoms with Gasteiger partial charge in [0.2, 0.25) is 0 Å². The van der Waals surface area contributed by atoms with E-state index in [2.05, 4.69) is 34.8 Å². The first-order valence-corrected chi connectivity index (χ1v) is 9.31. The Balaban J connectivity index is 0.00000338. The van der Waals surface area contributed by atoms with Gasteiger partial charge in [0.15, 0.2) is 5.96 Å². The van der Waals surface area contributed by atoms with Crippen LogP contribution in [0.1, 0.15) is 55.5 Å². The number of carbonyl (C=O) groups is 1. The van der Waals surface area contributed by atoms with E-state index in [4.69, 9.17) is 0 Å². The molecule has 26 heavy (non-hydrogen) atoms. The standard InChI is InChI=1S/C20H32N4O.HI/c1-14(2)16-8-10-18(11-9-16)24-20(22-4)23-13-15-6-5-7-17(12-15)19(25)21-3;/h5-7,12,14,16,18H,8-11,13H2,1-4H3,(H,21,25)(H2,22,23,24);1H. The maximum atomic E-state index is 11.7. The van der Waals surface area contributed by atoms with Crippen LogP contribution in [0.15, 0.2) is 29.3 Å². The summed E-state index contributed by atoms with van der Waals surface area (Å²) in [7, 11) is 3.45. The SMILES string of the molecule is CN=C(NCc1cccc(C(=O)NC)c1)NC1CCC(C(C)C)CC1.I. The molecule has 0 radical (unpaired) electrons. The maximum absolute atomic E-state index is 11.7. The van der Waals surface area contributed by atoms with Gasteiger partial charge in [-0.3, -0.25) is 9.79 Å². The number of guanidine groups is 1. The molecule has 1 aliphatic carbocycles. The Morgan fingerprint density at radius 3 is 2.50 bits per heavy atom. The number of hydrogen-bond acceptors (Lipinski definition) is 2. The average molecular weight is 472 g/mol. The van der Waals surface area contributed by atoms with Crippen molar-refractivity contribution in [2.24, 2.45) is 16.8 Å². The zero-order chi connectivity index (χ0) is 18.2. The van der Waals surface area contributed by atoms with Crippen molar-refractivity contribution in [2.75, 3.05) is 14.1 Å². The smallest absolute Gasteiger partial charge is 0.251 e. The number of benzene rings is 1. The van der Waals surface area contributed by atoms with Gasteiger partial charge < -0.3 is 16.0 Å². The summed E-state index contributed by atoms with van der Waals surface area (Å²) in [5, 5.41) is 9.56. The molecule has 0 bridgehead atoms. The first kappa shape index (κ1) is 22.7. The minimum atomic E-state index is -0.0636. The Hall–Kier alpha value is -1.31. The van der Waals surface area contributed by atoms with Crippen LogP contribution in [-0.2, 0) is 6.54 Å². The van der Waals surface area contributed by atoms with Gasteiger partial charge in [-0.1, -0.05) is 26.0 Å². The van der Waals surface area contributed by atoms with Gasteiger partial charge in [-0.25, -0.2) is 0 Å². The summed E-state index contributed by atoms with van der Waals surface area (Å²) in [6, 6.07) is 8.15. The van der Waals surface area contributed by atoms with Gasteiger partial charge in [0.1, 0.15) is 0 Å². The van der Waals surface area contributed by atoms with Crippen LogP contribution in [-0.4, -0.2) is 32.0 Å². The van der Waals surface area contributed by atoms with Gasteiger partial charge in [0, 0.05) is 32.2 Å². The summed E-state index contributed by atoms with van der Waals surface area (Å²) in [5.74, 6) is 2.41. The van der Waals surface area contributed by atoms with Crippen LogP contribution in [0, 0.1) is 11.8 Å². The van der Waals surface area contributed by atoms with Gasteiger partial charge in [-0.05, 0) is 55.2 Å². The Kier molecular flexibility index (Phi) is 9.98. The molecule has 1 aliphatic rings. The van der Waals surface area contributed by atoms with E-state index >= 15 is 0 Å². The van der Waals surface area contributed by atoms with Crippen molar-refractivity contribution in [2.45, 2.75) is 52.1 Å². The van der Waals surface area contributed by atoms with Crippen LogP contribution >= 0.6 is 24.0 Å². The Morgan fingerprint density at radius 2 is 1.92 bits per heavy atom. The van der Waals surface area contributed by atoms with Crippen molar-refractivity contribution < 1.29 is 4.79 Å². The lowest BCUT2D eigenvalue weighted by atomic mass is 9.80. The Bertz CT molecular complexity index is 595. The molecule has 1 aromatic rings. The predicted octanol–water partition coefficient (Wildman–Crippen LogP) is 3.54. The second kappa shape index (κ2) is 11.4. The van der Waals surface area contributed by atoms with E-state index in [-0.39, 0.29) is 29.9 Å². The highest BCUT2D eigenvalue weighted by molar-refractivity contribution is 14.0. The van der Waals surface area contributed by atoms with E-state index in [1.54, 1.807) is 14.1 Å². The minimum absolute atomic E-state index is 0.